The van der Waals surface area contributed by atoms with Crippen molar-refractivity contribution in [2.24, 2.45) is 5.10 Å². The van der Waals surface area contributed by atoms with Crippen LogP contribution >= 0.6 is 0 Å². The molecule has 0 unspecified atom stereocenters. The van der Waals surface area contributed by atoms with Crippen LogP contribution in [0.1, 0.15) is 25.7 Å². The second kappa shape index (κ2) is 5.11. The number of hydrogen-bond donors (Lipinski definition) is 3. The molecule has 0 atom stereocenters. The minimum atomic E-state index is -0.137. The lowest BCUT2D eigenvalue weighted by molar-refractivity contribution is 0.152. The van der Waals surface area contributed by atoms with Gasteiger partial charge >= 0.3 is 0 Å². The summed E-state index contributed by atoms with van der Waals surface area (Å²) in [5.74, 6) is 0. The van der Waals surface area contributed by atoms with E-state index in [1.807, 2.05) is 0 Å². The van der Waals surface area contributed by atoms with Crippen molar-refractivity contribution in [3.05, 3.63) is 0 Å². The van der Waals surface area contributed by atoms with Gasteiger partial charge in [0, 0.05) is 5.71 Å². The van der Waals surface area contributed by atoms with E-state index >= 15 is 0 Å². The quantitative estimate of drug-likeness (QED) is 0.410. The number of hydrazone groups is 1. The molecule has 1 aliphatic rings. The highest BCUT2D eigenvalue weighted by atomic mass is 16.3. The Morgan fingerprint density at radius 2 is 2.08 bits per heavy atom. The van der Waals surface area contributed by atoms with E-state index in [1.54, 1.807) is 0 Å². The maximum atomic E-state index is 9.18. The van der Waals surface area contributed by atoms with Crippen molar-refractivity contribution in [2.45, 2.75) is 31.8 Å². The molecule has 4 heteroatoms. The lowest BCUT2D eigenvalue weighted by Crippen LogP contribution is -2.21. The standard InChI is InChI=1S/C8H16N2O2/c11-6-5-9-10-7-1-3-8(12)4-2-7/h8-9,11-12H,1-6H2. The Kier molecular flexibility index (Phi) is 4.04. The largest absolute Gasteiger partial charge is 0.394 e. The molecular weight excluding hydrogens is 156 g/mol. The first-order valence-corrected chi connectivity index (χ1v) is 4.40. The number of aliphatic hydroxyl groups is 2. The molecule has 0 aromatic heterocycles. The molecule has 0 saturated heterocycles. The van der Waals surface area contributed by atoms with Crippen LogP contribution in [0.3, 0.4) is 0 Å². The molecule has 0 spiro atoms. The minimum Gasteiger partial charge on any atom is -0.394 e. The summed E-state index contributed by atoms with van der Waals surface area (Å²) in [7, 11) is 0. The van der Waals surface area contributed by atoms with Crippen LogP contribution in [-0.2, 0) is 0 Å². The molecule has 1 rings (SSSR count). The monoisotopic (exact) mass is 172 g/mol. The molecular formula is C8H16N2O2. The van der Waals surface area contributed by atoms with Gasteiger partial charge in [-0.05, 0) is 25.7 Å². The lowest BCUT2D eigenvalue weighted by atomic mass is 9.96. The van der Waals surface area contributed by atoms with Crippen molar-refractivity contribution in [2.75, 3.05) is 13.2 Å². The van der Waals surface area contributed by atoms with E-state index in [9.17, 15) is 5.11 Å². The Labute approximate surface area is 72.3 Å². The summed E-state index contributed by atoms with van der Waals surface area (Å²) in [6.45, 7) is 0.617. The summed E-state index contributed by atoms with van der Waals surface area (Å²) in [5, 5.41) is 21.8. The maximum absolute atomic E-state index is 9.18. The van der Waals surface area contributed by atoms with Crippen molar-refractivity contribution < 1.29 is 10.2 Å². The van der Waals surface area contributed by atoms with E-state index in [4.69, 9.17) is 5.11 Å². The molecule has 70 valence electrons. The molecule has 0 aromatic carbocycles. The average molecular weight is 172 g/mol. The average Bonchev–Trinajstić information content (AvgIpc) is 2.09. The van der Waals surface area contributed by atoms with Crippen LogP contribution in [0.5, 0.6) is 0 Å². The first-order valence-electron chi connectivity index (χ1n) is 4.40. The van der Waals surface area contributed by atoms with E-state index < -0.39 is 0 Å². The molecule has 0 heterocycles. The highest BCUT2D eigenvalue weighted by Gasteiger charge is 2.14. The van der Waals surface area contributed by atoms with Gasteiger partial charge in [-0.25, -0.2) is 0 Å². The van der Waals surface area contributed by atoms with Crippen LogP contribution in [0.25, 0.3) is 0 Å². The van der Waals surface area contributed by atoms with E-state index in [-0.39, 0.29) is 12.7 Å². The zero-order chi connectivity index (χ0) is 8.81. The normalized spacial score (nSPS) is 23.8. The third-order valence-electron chi connectivity index (χ3n) is 1.99. The summed E-state index contributed by atoms with van der Waals surface area (Å²) >= 11 is 0. The van der Waals surface area contributed by atoms with E-state index in [0.29, 0.717) is 6.54 Å². The predicted octanol–water partition coefficient (Wildman–Crippen LogP) is -0.141. The van der Waals surface area contributed by atoms with Crippen LogP contribution in [0.2, 0.25) is 0 Å². The van der Waals surface area contributed by atoms with Gasteiger partial charge in [-0.15, -0.1) is 0 Å². The van der Waals surface area contributed by atoms with Crippen molar-refractivity contribution in [1.29, 1.82) is 0 Å². The van der Waals surface area contributed by atoms with Crippen LogP contribution in [0.4, 0.5) is 0 Å². The molecule has 1 saturated carbocycles. The second-order valence-corrected chi connectivity index (χ2v) is 3.04. The van der Waals surface area contributed by atoms with Gasteiger partial charge in [0.05, 0.1) is 19.3 Å². The summed E-state index contributed by atoms with van der Waals surface area (Å²) in [4.78, 5) is 0. The zero-order valence-electron chi connectivity index (χ0n) is 7.16. The van der Waals surface area contributed by atoms with Crippen LogP contribution < -0.4 is 5.43 Å². The fraction of sp³-hybridized carbons (Fsp3) is 0.875. The molecule has 12 heavy (non-hydrogen) atoms. The molecule has 3 N–H and O–H groups in total. The van der Waals surface area contributed by atoms with Crippen molar-refractivity contribution >= 4 is 5.71 Å². The van der Waals surface area contributed by atoms with E-state index in [0.717, 1.165) is 31.4 Å². The van der Waals surface area contributed by atoms with E-state index in [2.05, 4.69) is 10.5 Å². The van der Waals surface area contributed by atoms with Gasteiger partial charge < -0.3 is 15.6 Å². The zero-order valence-corrected chi connectivity index (χ0v) is 7.16. The maximum Gasteiger partial charge on any atom is 0.0620 e. The molecule has 0 aliphatic heterocycles. The number of aliphatic hydroxyl groups excluding tert-OH is 2. The first-order chi connectivity index (χ1) is 5.83. The molecule has 0 aromatic rings. The number of nitrogens with one attached hydrogen (secondary N) is 1. The Hall–Kier alpha value is -0.610. The SMILES string of the molecule is OCCNN=C1CCC(O)CC1. The molecule has 1 fully saturated rings. The molecule has 1 aliphatic carbocycles. The second-order valence-electron chi connectivity index (χ2n) is 3.04. The Morgan fingerprint density at radius 3 is 2.67 bits per heavy atom. The van der Waals surface area contributed by atoms with Crippen molar-refractivity contribution in [1.82, 2.24) is 5.43 Å². The molecule has 4 nitrogen and oxygen atoms in total. The number of nitrogens with zero attached hydrogens (tertiary/aromatic N) is 1. The smallest absolute Gasteiger partial charge is 0.0620 e. The number of hydrogen-bond acceptors (Lipinski definition) is 4. The van der Waals surface area contributed by atoms with Crippen LogP contribution in [0, 0.1) is 0 Å². The fourth-order valence-corrected chi connectivity index (χ4v) is 1.27. The summed E-state index contributed by atoms with van der Waals surface area (Å²) in [5.41, 5.74) is 3.88. The highest BCUT2D eigenvalue weighted by Crippen LogP contribution is 2.15. The van der Waals surface area contributed by atoms with E-state index in [1.165, 1.54) is 0 Å². The highest BCUT2D eigenvalue weighted by molar-refractivity contribution is 5.84. The molecule has 0 radical (unpaired) electrons. The summed E-state index contributed by atoms with van der Waals surface area (Å²) < 4.78 is 0. The Balaban J connectivity index is 2.19. The van der Waals surface area contributed by atoms with Gasteiger partial charge in [0.1, 0.15) is 0 Å². The predicted molar refractivity (Wildman–Crippen MR) is 47.0 cm³/mol. The van der Waals surface area contributed by atoms with Crippen LogP contribution in [0.15, 0.2) is 5.10 Å². The number of rotatable bonds is 3. The first kappa shape index (κ1) is 9.48. The van der Waals surface area contributed by atoms with Crippen LogP contribution in [-0.4, -0.2) is 35.2 Å². The topological polar surface area (TPSA) is 64.8 Å². The third kappa shape index (κ3) is 3.19. The van der Waals surface area contributed by atoms with Crippen molar-refractivity contribution in [3.63, 3.8) is 0 Å². The fourth-order valence-electron chi connectivity index (χ4n) is 1.27. The molecule has 0 bridgehead atoms. The van der Waals surface area contributed by atoms with Crippen molar-refractivity contribution in [3.8, 4) is 0 Å². The van der Waals surface area contributed by atoms with Gasteiger partial charge in [-0.3, -0.25) is 0 Å². The van der Waals surface area contributed by atoms with Gasteiger partial charge in [-0.1, -0.05) is 0 Å². The minimum absolute atomic E-state index is 0.111. The van der Waals surface area contributed by atoms with Gasteiger partial charge in [0.2, 0.25) is 0 Å². The third-order valence-corrected chi connectivity index (χ3v) is 1.99. The Morgan fingerprint density at radius 1 is 1.42 bits per heavy atom. The summed E-state index contributed by atoms with van der Waals surface area (Å²) in [6.07, 6.45) is 3.25. The molecule has 0 amide bonds. The van der Waals surface area contributed by atoms with Gasteiger partial charge in [0.15, 0.2) is 0 Å². The van der Waals surface area contributed by atoms with Gasteiger partial charge in [0.25, 0.3) is 0 Å². The summed E-state index contributed by atoms with van der Waals surface area (Å²) in [6, 6.07) is 0. The lowest BCUT2D eigenvalue weighted by Gasteiger charge is -2.17. The van der Waals surface area contributed by atoms with Gasteiger partial charge in [-0.2, -0.15) is 5.10 Å². The Bertz CT molecular complexity index is 149.